The molecule has 0 heterocycles. The van der Waals surface area contributed by atoms with Gasteiger partial charge in [-0.2, -0.15) is 0 Å². The largest absolute Gasteiger partial charge is 0.411 e. The molecular weight excluding hydrogens is 104 g/mol. The van der Waals surface area contributed by atoms with Gasteiger partial charge in [0.05, 0.1) is 0 Å². The van der Waals surface area contributed by atoms with Crippen LogP contribution in [0.25, 0.3) is 0 Å². The summed E-state index contributed by atoms with van der Waals surface area (Å²) in [6.07, 6.45) is 2.24. The quantitative estimate of drug-likeness (QED) is 0.319. The lowest BCUT2D eigenvalue weighted by molar-refractivity contribution is 0.320. The van der Waals surface area contributed by atoms with Crippen LogP contribution in [0.3, 0.4) is 0 Å². The van der Waals surface area contributed by atoms with Crippen LogP contribution in [-0.4, -0.2) is 24.5 Å². The summed E-state index contributed by atoms with van der Waals surface area (Å²) in [5.74, 6) is 0. The van der Waals surface area contributed by atoms with E-state index in [-0.39, 0.29) is 0 Å². The predicted molar refractivity (Wildman–Crippen MR) is 33.4 cm³/mol. The maximum absolute atomic E-state index is 7.95. The predicted octanol–water partition coefficient (Wildman–Crippen LogP) is 0.444. The molecule has 2 N–H and O–H groups in total. The Balaban J connectivity index is 3.10. The number of hydrogen-bond acceptors (Lipinski definition) is 3. The van der Waals surface area contributed by atoms with Gasteiger partial charge in [0.2, 0.25) is 0 Å². The first-order valence-corrected chi connectivity index (χ1v) is 2.64. The lowest BCUT2D eigenvalue weighted by Crippen LogP contribution is -2.21. The Morgan fingerprint density at radius 3 is 2.88 bits per heavy atom. The molecule has 0 aromatic rings. The van der Waals surface area contributed by atoms with Crippen molar-refractivity contribution in [2.45, 2.75) is 19.4 Å². The van der Waals surface area contributed by atoms with E-state index in [1.54, 1.807) is 0 Å². The number of oxime groups is 1. The molecule has 0 saturated carbocycles. The van der Waals surface area contributed by atoms with Gasteiger partial charge >= 0.3 is 0 Å². The summed E-state index contributed by atoms with van der Waals surface area (Å²) in [5, 5.41) is 13.8. The molecule has 3 heteroatoms. The van der Waals surface area contributed by atoms with Gasteiger partial charge in [-0.05, 0) is 14.0 Å². The highest BCUT2D eigenvalue weighted by Gasteiger charge is 1.91. The number of rotatable bonds is 3. The van der Waals surface area contributed by atoms with Crippen LogP contribution >= 0.6 is 0 Å². The highest BCUT2D eigenvalue weighted by Crippen LogP contribution is 1.82. The fourth-order valence-corrected chi connectivity index (χ4v) is 0.323. The van der Waals surface area contributed by atoms with Crippen molar-refractivity contribution in [3.63, 3.8) is 0 Å². The summed E-state index contributed by atoms with van der Waals surface area (Å²) in [4.78, 5) is 0. The zero-order valence-corrected chi connectivity index (χ0v) is 5.26. The zero-order chi connectivity index (χ0) is 6.41. The van der Waals surface area contributed by atoms with Crippen LogP contribution in [0.4, 0.5) is 0 Å². The van der Waals surface area contributed by atoms with E-state index in [1.807, 2.05) is 14.0 Å². The fraction of sp³-hybridized carbons (Fsp3) is 0.800. The van der Waals surface area contributed by atoms with Crippen LogP contribution in [-0.2, 0) is 0 Å². The lowest BCUT2D eigenvalue weighted by Gasteiger charge is -2.02. The lowest BCUT2D eigenvalue weighted by atomic mass is 10.3. The van der Waals surface area contributed by atoms with Gasteiger partial charge < -0.3 is 10.5 Å². The third kappa shape index (κ3) is 3.61. The molecule has 0 radical (unpaired) electrons. The zero-order valence-electron chi connectivity index (χ0n) is 5.26. The Bertz CT molecular complexity index is 72.8. The highest BCUT2D eigenvalue weighted by atomic mass is 16.4. The van der Waals surface area contributed by atoms with Crippen molar-refractivity contribution < 1.29 is 5.21 Å². The van der Waals surface area contributed by atoms with Gasteiger partial charge in [0.25, 0.3) is 0 Å². The first-order valence-electron chi connectivity index (χ1n) is 2.64. The molecule has 0 bridgehead atoms. The van der Waals surface area contributed by atoms with Crippen molar-refractivity contribution in [1.82, 2.24) is 5.32 Å². The topological polar surface area (TPSA) is 44.6 Å². The number of nitrogens with one attached hydrogen (secondary N) is 1. The van der Waals surface area contributed by atoms with E-state index in [4.69, 9.17) is 5.21 Å². The van der Waals surface area contributed by atoms with Gasteiger partial charge in [-0.25, -0.2) is 0 Å². The molecule has 8 heavy (non-hydrogen) atoms. The summed E-state index contributed by atoms with van der Waals surface area (Å²) in [6.45, 7) is 2.02. The van der Waals surface area contributed by atoms with Gasteiger partial charge in [-0.3, -0.25) is 0 Å². The molecule has 0 fully saturated rings. The standard InChI is InChI=1S/C5H12N2O/c1-5(6-2)3-4-7-8/h4-6,8H,3H2,1-2H3/b7-4-/t5-/m1/s1. The third-order valence-corrected chi connectivity index (χ3v) is 1.03. The molecule has 48 valence electrons. The van der Waals surface area contributed by atoms with Crippen molar-refractivity contribution in [3.05, 3.63) is 0 Å². The van der Waals surface area contributed by atoms with E-state index in [1.165, 1.54) is 6.21 Å². The maximum Gasteiger partial charge on any atom is 0.0451 e. The van der Waals surface area contributed by atoms with Gasteiger partial charge in [0.15, 0.2) is 0 Å². The molecule has 0 amide bonds. The smallest absolute Gasteiger partial charge is 0.0451 e. The van der Waals surface area contributed by atoms with Crippen LogP contribution in [0.1, 0.15) is 13.3 Å². The number of nitrogens with zero attached hydrogens (tertiary/aromatic N) is 1. The van der Waals surface area contributed by atoms with Crippen molar-refractivity contribution >= 4 is 6.21 Å². The van der Waals surface area contributed by atoms with Crippen LogP contribution in [0.2, 0.25) is 0 Å². The SMILES string of the molecule is CN[C@H](C)C/C=N\O. The minimum atomic E-state index is 0.394. The Hall–Kier alpha value is -0.570. The fourth-order valence-electron chi connectivity index (χ4n) is 0.323. The van der Waals surface area contributed by atoms with Crippen LogP contribution in [0, 0.1) is 0 Å². The van der Waals surface area contributed by atoms with Gasteiger partial charge in [0, 0.05) is 18.7 Å². The molecule has 0 aromatic carbocycles. The van der Waals surface area contributed by atoms with Gasteiger partial charge in [-0.1, -0.05) is 0 Å². The first kappa shape index (κ1) is 7.43. The number of hydrogen-bond donors (Lipinski definition) is 2. The minimum absolute atomic E-state index is 0.394. The summed E-state index contributed by atoms with van der Waals surface area (Å²) < 4.78 is 0. The Morgan fingerprint density at radius 2 is 2.50 bits per heavy atom. The molecule has 0 aliphatic heterocycles. The Labute approximate surface area is 49.4 Å². The van der Waals surface area contributed by atoms with Crippen LogP contribution < -0.4 is 5.32 Å². The van der Waals surface area contributed by atoms with Crippen LogP contribution in [0.5, 0.6) is 0 Å². The normalized spacial score (nSPS) is 14.8. The highest BCUT2D eigenvalue weighted by molar-refractivity contribution is 5.56. The van der Waals surface area contributed by atoms with Crippen molar-refractivity contribution in [2.75, 3.05) is 7.05 Å². The monoisotopic (exact) mass is 116 g/mol. The molecule has 0 aliphatic rings. The Kier molecular flexibility index (Phi) is 4.26. The second-order valence-electron chi connectivity index (χ2n) is 1.72. The molecule has 0 unspecified atom stereocenters. The average molecular weight is 116 g/mol. The average Bonchev–Trinajstić information content (AvgIpc) is 1.83. The van der Waals surface area contributed by atoms with E-state index in [9.17, 15) is 0 Å². The molecule has 3 nitrogen and oxygen atoms in total. The van der Waals surface area contributed by atoms with E-state index in [0.717, 1.165) is 6.42 Å². The van der Waals surface area contributed by atoms with Crippen molar-refractivity contribution in [1.29, 1.82) is 0 Å². The van der Waals surface area contributed by atoms with Gasteiger partial charge in [-0.15, -0.1) is 5.16 Å². The molecule has 0 saturated heterocycles. The third-order valence-electron chi connectivity index (χ3n) is 1.03. The van der Waals surface area contributed by atoms with Crippen LogP contribution in [0.15, 0.2) is 5.16 Å². The van der Waals surface area contributed by atoms with Crippen molar-refractivity contribution in [2.24, 2.45) is 5.16 Å². The van der Waals surface area contributed by atoms with Gasteiger partial charge in [0.1, 0.15) is 0 Å². The first-order chi connectivity index (χ1) is 3.81. The molecule has 0 aliphatic carbocycles. The minimum Gasteiger partial charge on any atom is -0.411 e. The summed E-state index contributed by atoms with van der Waals surface area (Å²) in [6, 6.07) is 0.394. The second kappa shape index (κ2) is 4.59. The van der Waals surface area contributed by atoms with Crippen molar-refractivity contribution in [3.8, 4) is 0 Å². The summed E-state index contributed by atoms with van der Waals surface area (Å²) in [5.41, 5.74) is 0. The molecular formula is C5H12N2O. The Morgan fingerprint density at radius 1 is 1.88 bits per heavy atom. The van der Waals surface area contributed by atoms with E-state index in [2.05, 4.69) is 10.5 Å². The molecule has 0 spiro atoms. The maximum atomic E-state index is 7.95. The van der Waals surface area contributed by atoms with E-state index >= 15 is 0 Å². The summed E-state index contributed by atoms with van der Waals surface area (Å²) >= 11 is 0. The molecule has 0 aromatic heterocycles. The molecule has 1 atom stereocenters. The van der Waals surface area contributed by atoms with E-state index < -0.39 is 0 Å². The molecule has 0 rings (SSSR count). The summed E-state index contributed by atoms with van der Waals surface area (Å²) in [7, 11) is 1.87. The second-order valence-corrected chi connectivity index (χ2v) is 1.72. The van der Waals surface area contributed by atoms with E-state index in [0.29, 0.717) is 6.04 Å².